The zero-order valence-electron chi connectivity index (χ0n) is 10.9. The topological polar surface area (TPSA) is 52.6 Å². The van der Waals surface area contributed by atoms with Crippen molar-refractivity contribution in [2.45, 2.75) is 34.1 Å². The fourth-order valence-corrected chi connectivity index (χ4v) is 1.59. The molecule has 2 N–H and O–H groups in total. The van der Waals surface area contributed by atoms with Gasteiger partial charge in [-0.3, -0.25) is 5.21 Å². The molecule has 1 aromatic rings. The third kappa shape index (κ3) is 3.46. The Kier molecular flexibility index (Phi) is 4.52. The fraction of sp³-hybridized carbons (Fsp3) is 0.462. The van der Waals surface area contributed by atoms with Gasteiger partial charge in [-0.1, -0.05) is 13.0 Å². The molecule has 4 nitrogen and oxygen atoms in total. The van der Waals surface area contributed by atoms with Crippen molar-refractivity contribution < 1.29 is 10.0 Å². The van der Waals surface area contributed by atoms with E-state index >= 15 is 0 Å². The van der Waals surface area contributed by atoms with E-state index < -0.39 is 6.03 Å². The largest absolute Gasteiger partial charge is 0.345 e. The van der Waals surface area contributed by atoms with Crippen LogP contribution in [-0.2, 0) is 0 Å². The maximum atomic E-state index is 11.6. The molecule has 1 rings (SSSR count). The first kappa shape index (κ1) is 13.5. The molecule has 0 atom stereocenters. The van der Waals surface area contributed by atoms with Crippen molar-refractivity contribution in [1.82, 2.24) is 5.06 Å². The summed E-state index contributed by atoms with van der Waals surface area (Å²) in [6, 6.07) is 3.45. The standard InChI is InChI=1S/C13H20N2O2/c1-5-6-15(17)13(16)14-12-8-10(3)9(2)7-11(12)4/h7-8,17H,5-6H2,1-4H3,(H,14,16). The zero-order valence-corrected chi connectivity index (χ0v) is 10.9. The highest BCUT2D eigenvalue weighted by Gasteiger charge is 2.11. The van der Waals surface area contributed by atoms with Gasteiger partial charge in [-0.25, -0.2) is 9.86 Å². The van der Waals surface area contributed by atoms with Gasteiger partial charge in [0.1, 0.15) is 0 Å². The summed E-state index contributed by atoms with van der Waals surface area (Å²) in [4.78, 5) is 11.6. The second-order valence-electron chi connectivity index (χ2n) is 4.30. The van der Waals surface area contributed by atoms with Gasteiger partial charge in [0.05, 0.1) is 0 Å². The second kappa shape index (κ2) is 5.68. The number of nitrogens with zero attached hydrogens (tertiary/aromatic N) is 1. The Morgan fingerprint density at radius 1 is 1.24 bits per heavy atom. The molecule has 94 valence electrons. The molecular formula is C13H20N2O2. The molecular weight excluding hydrogens is 216 g/mol. The van der Waals surface area contributed by atoms with Crippen molar-refractivity contribution in [2.24, 2.45) is 0 Å². The number of urea groups is 1. The van der Waals surface area contributed by atoms with E-state index in [1.165, 1.54) is 5.56 Å². The van der Waals surface area contributed by atoms with E-state index in [0.717, 1.165) is 23.2 Å². The SMILES string of the molecule is CCCN(O)C(=O)Nc1cc(C)c(C)cc1C. The van der Waals surface area contributed by atoms with Gasteiger partial charge in [0.2, 0.25) is 0 Å². The summed E-state index contributed by atoms with van der Waals surface area (Å²) in [5.74, 6) is 0. The van der Waals surface area contributed by atoms with Crippen molar-refractivity contribution in [3.05, 3.63) is 28.8 Å². The van der Waals surface area contributed by atoms with E-state index in [0.29, 0.717) is 11.6 Å². The zero-order chi connectivity index (χ0) is 13.0. The highest BCUT2D eigenvalue weighted by atomic mass is 16.5. The molecule has 0 heterocycles. The highest BCUT2D eigenvalue weighted by Crippen LogP contribution is 2.20. The molecule has 2 amide bonds. The number of hydrogen-bond donors (Lipinski definition) is 2. The number of hydrogen-bond acceptors (Lipinski definition) is 2. The molecule has 0 unspecified atom stereocenters. The Labute approximate surface area is 102 Å². The minimum absolute atomic E-state index is 0.329. The number of nitrogens with one attached hydrogen (secondary N) is 1. The first-order valence-electron chi connectivity index (χ1n) is 5.81. The normalized spacial score (nSPS) is 10.2. The monoisotopic (exact) mass is 236 g/mol. The lowest BCUT2D eigenvalue weighted by molar-refractivity contribution is -0.0369. The van der Waals surface area contributed by atoms with Gasteiger partial charge in [0, 0.05) is 12.2 Å². The summed E-state index contributed by atoms with van der Waals surface area (Å²) in [5, 5.41) is 12.8. The van der Waals surface area contributed by atoms with Crippen molar-refractivity contribution >= 4 is 11.7 Å². The van der Waals surface area contributed by atoms with Crippen LogP contribution in [0.4, 0.5) is 10.5 Å². The molecule has 0 aromatic heterocycles. The smallest absolute Gasteiger partial charge is 0.306 e. The minimum atomic E-state index is -0.488. The first-order valence-corrected chi connectivity index (χ1v) is 5.81. The average molecular weight is 236 g/mol. The van der Waals surface area contributed by atoms with Crippen LogP contribution in [0.25, 0.3) is 0 Å². The van der Waals surface area contributed by atoms with Crippen molar-refractivity contribution in [1.29, 1.82) is 0 Å². The number of rotatable bonds is 3. The molecule has 0 fully saturated rings. The van der Waals surface area contributed by atoms with Crippen molar-refractivity contribution in [3.63, 3.8) is 0 Å². The van der Waals surface area contributed by atoms with Crippen LogP contribution >= 0.6 is 0 Å². The summed E-state index contributed by atoms with van der Waals surface area (Å²) in [5.41, 5.74) is 4.04. The Hall–Kier alpha value is -1.55. The summed E-state index contributed by atoms with van der Waals surface area (Å²) in [6.45, 7) is 8.19. The van der Waals surface area contributed by atoms with Gasteiger partial charge in [0.15, 0.2) is 0 Å². The maximum Gasteiger partial charge on any atom is 0.345 e. The number of carbonyl (C=O) groups is 1. The van der Waals surface area contributed by atoms with Crippen LogP contribution in [0.15, 0.2) is 12.1 Å². The van der Waals surface area contributed by atoms with E-state index in [-0.39, 0.29) is 0 Å². The van der Waals surface area contributed by atoms with Gasteiger partial charge in [0.25, 0.3) is 0 Å². The first-order chi connectivity index (χ1) is 7.95. The van der Waals surface area contributed by atoms with Crippen LogP contribution in [-0.4, -0.2) is 22.8 Å². The lowest BCUT2D eigenvalue weighted by Gasteiger charge is -2.17. The van der Waals surface area contributed by atoms with Gasteiger partial charge in [-0.05, 0) is 49.9 Å². The molecule has 0 saturated carbocycles. The molecule has 4 heteroatoms. The fourth-order valence-electron chi connectivity index (χ4n) is 1.59. The molecule has 0 radical (unpaired) electrons. The molecule has 0 saturated heterocycles. The van der Waals surface area contributed by atoms with Crippen LogP contribution in [0.3, 0.4) is 0 Å². The summed E-state index contributed by atoms with van der Waals surface area (Å²) in [7, 11) is 0. The number of anilines is 1. The number of aryl methyl sites for hydroxylation is 3. The van der Waals surface area contributed by atoms with E-state index in [2.05, 4.69) is 5.32 Å². The molecule has 0 spiro atoms. The lowest BCUT2D eigenvalue weighted by atomic mass is 10.1. The highest BCUT2D eigenvalue weighted by molar-refractivity contribution is 5.89. The predicted octanol–water partition coefficient (Wildman–Crippen LogP) is 3.24. The van der Waals surface area contributed by atoms with Gasteiger partial charge in [-0.15, -0.1) is 0 Å². The van der Waals surface area contributed by atoms with Crippen molar-refractivity contribution in [2.75, 3.05) is 11.9 Å². The second-order valence-corrected chi connectivity index (χ2v) is 4.30. The van der Waals surface area contributed by atoms with E-state index in [9.17, 15) is 10.0 Å². The number of amides is 2. The maximum absolute atomic E-state index is 11.6. The summed E-state index contributed by atoms with van der Waals surface area (Å²) >= 11 is 0. The van der Waals surface area contributed by atoms with Crippen LogP contribution in [0.5, 0.6) is 0 Å². The Morgan fingerprint density at radius 3 is 2.41 bits per heavy atom. The quantitative estimate of drug-likeness (QED) is 0.625. The molecule has 0 aliphatic heterocycles. The van der Waals surface area contributed by atoms with Crippen molar-refractivity contribution in [3.8, 4) is 0 Å². The number of benzene rings is 1. The molecule has 17 heavy (non-hydrogen) atoms. The third-order valence-electron chi connectivity index (χ3n) is 2.75. The van der Waals surface area contributed by atoms with Crippen LogP contribution in [0, 0.1) is 20.8 Å². The third-order valence-corrected chi connectivity index (χ3v) is 2.75. The average Bonchev–Trinajstić information content (AvgIpc) is 2.26. The van der Waals surface area contributed by atoms with Gasteiger partial charge in [-0.2, -0.15) is 0 Å². The summed E-state index contributed by atoms with van der Waals surface area (Å²) in [6.07, 6.45) is 0.718. The Bertz CT molecular complexity index is 416. The Morgan fingerprint density at radius 2 is 1.82 bits per heavy atom. The molecule has 0 bridgehead atoms. The number of hydroxylamine groups is 2. The molecule has 0 aliphatic carbocycles. The predicted molar refractivity (Wildman–Crippen MR) is 68.5 cm³/mol. The van der Waals surface area contributed by atoms with Crippen LogP contribution < -0.4 is 5.32 Å². The van der Waals surface area contributed by atoms with Crippen LogP contribution in [0.1, 0.15) is 30.0 Å². The lowest BCUT2D eigenvalue weighted by Crippen LogP contribution is -2.32. The van der Waals surface area contributed by atoms with Gasteiger partial charge >= 0.3 is 6.03 Å². The van der Waals surface area contributed by atoms with Gasteiger partial charge < -0.3 is 5.32 Å². The summed E-state index contributed by atoms with van der Waals surface area (Å²) < 4.78 is 0. The van der Waals surface area contributed by atoms with E-state index in [4.69, 9.17) is 0 Å². The number of carbonyl (C=O) groups excluding carboxylic acids is 1. The van der Waals surface area contributed by atoms with E-state index in [1.807, 2.05) is 39.8 Å². The minimum Gasteiger partial charge on any atom is -0.306 e. The van der Waals surface area contributed by atoms with E-state index in [1.54, 1.807) is 0 Å². The molecule has 0 aliphatic rings. The Balaban J connectivity index is 2.81. The molecule has 1 aromatic carbocycles. The van der Waals surface area contributed by atoms with Crippen LogP contribution in [0.2, 0.25) is 0 Å².